The number of carbonyl (C=O) groups is 2. The summed E-state index contributed by atoms with van der Waals surface area (Å²) in [4.78, 5) is 29.8. The van der Waals surface area contributed by atoms with Crippen LogP contribution in [0.25, 0.3) is 0 Å². The molecule has 0 aromatic heterocycles. The number of halogens is 1. The molecule has 188 valence electrons. The van der Waals surface area contributed by atoms with Crippen molar-refractivity contribution in [3.05, 3.63) is 101 Å². The summed E-state index contributed by atoms with van der Waals surface area (Å²) in [6.07, 6.45) is 1.53. The highest BCUT2D eigenvalue weighted by Gasteiger charge is 2.39. The van der Waals surface area contributed by atoms with Gasteiger partial charge < -0.3 is 5.32 Å². The summed E-state index contributed by atoms with van der Waals surface area (Å²) in [5.41, 5.74) is 5.68. The molecule has 2 atom stereocenters. The lowest BCUT2D eigenvalue weighted by Gasteiger charge is -2.23. The summed E-state index contributed by atoms with van der Waals surface area (Å²) in [7, 11) is 0. The van der Waals surface area contributed by atoms with E-state index in [1.807, 2.05) is 55.5 Å². The van der Waals surface area contributed by atoms with E-state index in [1.165, 1.54) is 29.5 Å². The zero-order valence-corrected chi connectivity index (χ0v) is 21.5. The molecule has 8 heteroatoms. The zero-order valence-electron chi connectivity index (χ0n) is 20.6. The number of hydrogen-bond donors (Lipinski definition) is 1. The van der Waals surface area contributed by atoms with E-state index in [2.05, 4.69) is 17.2 Å². The van der Waals surface area contributed by atoms with Crippen molar-refractivity contribution >= 4 is 40.1 Å². The van der Waals surface area contributed by atoms with E-state index < -0.39 is 5.25 Å². The summed E-state index contributed by atoms with van der Waals surface area (Å²) >= 11 is 1.26. The Labute approximate surface area is 219 Å². The highest BCUT2D eigenvalue weighted by molar-refractivity contribution is 8.15. The van der Waals surface area contributed by atoms with Crippen LogP contribution in [-0.4, -0.2) is 33.0 Å². The van der Waals surface area contributed by atoms with Crippen LogP contribution in [0.15, 0.2) is 82.9 Å². The van der Waals surface area contributed by atoms with Crippen molar-refractivity contribution in [2.45, 2.75) is 44.4 Å². The maximum Gasteiger partial charge on any atom is 0.262 e. The molecule has 0 saturated heterocycles. The molecule has 37 heavy (non-hydrogen) atoms. The molecule has 0 aliphatic carbocycles. The van der Waals surface area contributed by atoms with Gasteiger partial charge in [-0.2, -0.15) is 10.1 Å². The molecule has 0 radical (unpaired) electrons. The van der Waals surface area contributed by atoms with Crippen LogP contribution in [0.4, 0.5) is 10.1 Å². The van der Waals surface area contributed by atoms with E-state index in [0.29, 0.717) is 17.3 Å². The normalized spacial score (nSPS) is 19.1. The number of carbonyl (C=O) groups excluding carboxylic acids is 2. The number of hydrazone groups is 1. The van der Waals surface area contributed by atoms with Crippen molar-refractivity contribution in [3.8, 4) is 0 Å². The number of thioether (sulfide) groups is 1. The Bertz CT molecular complexity index is 1370. The largest absolute Gasteiger partial charge is 0.326 e. The summed E-state index contributed by atoms with van der Waals surface area (Å²) in [6, 6.07) is 21.9. The topological polar surface area (TPSA) is 74.1 Å². The van der Waals surface area contributed by atoms with E-state index in [0.717, 1.165) is 28.8 Å². The SMILES string of the molecule is CCc1ccc(NC(=O)CC2SC(N3N=C(c4ccc(F)cc4)CC3c3ccc(C)cc3)=NC2=O)cc1. The third-order valence-corrected chi connectivity index (χ3v) is 7.63. The van der Waals surface area contributed by atoms with Gasteiger partial charge in [0.15, 0.2) is 5.17 Å². The minimum Gasteiger partial charge on any atom is -0.326 e. The first kappa shape index (κ1) is 24.9. The molecule has 2 unspecified atom stereocenters. The Hall–Kier alpha value is -3.78. The molecule has 0 saturated carbocycles. The number of rotatable bonds is 6. The first-order valence-corrected chi connectivity index (χ1v) is 13.1. The predicted molar refractivity (Wildman–Crippen MR) is 146 cm³/mol. The lowest BCUT2D eigenvalue weighted by atomic mass is 9.98. The average Bonchev–Trinajstić information content (AvgIpc) is 3.49. The van der Waals surface area contributed by atoms with E-state index in [-0.39, 0.29) is 30.1 Å². The number of anilines is 1. The zero-order chi connectivity index (χ0) is 25.9. The van der Waals surface area contributed by atoms with Crippen molar-refractivity contribution in [2.75, 3.05) is 5.32 Å². The van der Waals surface area contributed by atoms with E-state index in [1.54, 1.807) is 17.1 Å². The van der Waals surface area contributed by atoms with Gasteiger partial charge in [-0.15, -0.1) is 0 Å². The Morgan fingerprint density at radius 2 is 1.76 bits per heavy atom. The molecule has 1 N–H and O–H groups in total. The second-order valence-electron chi connectivity index (χ2n) is 9.17. The van der Waals surface area contributed by atoms with Crippen LogP contribution in [0.5, 0.6) is 0 Å². The van der Waals surface area contributed by atoms with Crippen molar-refractivity contribution in [2.24, 2.45) is 10.1 Å². The Morgan fingerprint density at radius 1 is 1.05 bits per heavy atom. The number of amides is 2. The number of nitrogens with one attached hydrogen (secondary N) is 1. The Morgan fingerprint density at radius 3 is 2.43 bits per heavy atom. The van der Waals surface area contributed by atoms with Crippen LogP contribution in [0, 0.1) is 12.7 Å². The average molecular weight is 515 g/mol. The van der Waals surface area contributed by atoms with Gasteiger partial charge in [-0.1, -0.05) is 72.8 Å². The highest BCUT2D eigenvalue weighted by atomic mass is 32.2. The number of hydrogen-bond acceptors (Lipinski definition) is 5. The number of aryl methyl sites for hydroxylation is 2. The molecule has 0 bridgehead atoms. The van der Waals surface area contributed by atoms with Crippen LogP contribution >= 0.6 is 11.8 Å². The fourth-order valence-corrected chi connectivity index (χ4v) is 5.42. The molecule has 2 aliphatic heterocycles. The van der Waals surface area contributed by atoms with Gasteiger partial charge in [-0.05, 0) is 54.3 Å². The fourth-order valence-electron chi connectivity index (χ4n) is 4.36. The van der Waals surface area contributed by atoms with Crippen LogP contribution in [-0.2, 0) is 16.0 Å². The number of aliphatic imine (C=N–C) groups is 1. The fraction of sp³-hybridized carbons (Fsp3) is 0.241. The summed E-state index contributed by atoms with van der Waals surface area (Å²) in [5.74, 6) is -0.888. The molecule has 2 heterocycles. The lowest BCUT2D eigenvalue weighted by Crippen LogP contribution is -2.25. The van der Waals surface area contributed by atoms with Crippen LogP contribution < -0.4 is 5.32 Å². The second-order valence-corrected chi connectivity index (χ2v) is 10.3. The standard InChI is InChI=1S/C29H27FN4O2S/c1-3-19-6-14-23(15-7-19)31-27(35)17-26-28(36)32-29(37-26)34-25(21-8-4-18(2)5-9-21)16-24(33-34)20-10-12-22(30)13-11-20/h4-15,25-26H,3,16-17H2,1-2H3,(H,31,35). The van der Waals surface area contributed by atoms with Crippen molar-refractivity contribution in [1.82, 2.24) is 5.01 Å². The van der Waals surface area contributed by atoms with Gasteiger partial charge in [-0.25, -0.2) is 9.40 Å². The summed E-state index contributed by atoms with van der Waals surface area (Å²) in [5, 5.41) is 9.30. The van der Waals surface area contributed by atoms with E-state index >= 15 is 0 Å². The minimum absolute atomic E-state index is 0.0175. The van der Waals surface area contributed by atoms with E-state index in [4.69, 9.17) is 5.10 Å². The lowest BCUT2D eigenvalue weighted by molar-refractivity contribution is -0.121. The number of nitrogens with zero attached hydrogens (tertiary/aromatic N) is 3. The number of benzene rings is 3. The molecular formula is C29H27FN4O2S. The van der Waals surface area contributed by atoms with Crippen LogP contribution in [0.3, 0.4) is 0 Å². The van der Waals surface area contributed by atoms with Crippen molar-refractivity contribution < 1.29 is 14.0 Å². The summed E-state index contributed by atoms with van der Waals surface area (Å²) < 4.78 is 13.5. The second kappa shape index (κ2) is 10.7. The number of amidine groups is 1. The molecule has 3 aromatic rings. The first-order chi connectivity index (χ1) is 17.9. The molecule has 2 aliphatic rings. The van der Waals surface area contributed by atoms with Gasteiger partial charge in [0.2, 0.25) is 5.91 Å². The molecule has 6 nitrogen and oxygen atoms in total. The Kier molecular flexibility index (Phi) is 7.19. The smallest absolute Gasteiger partial charge is 0.262 e. The van der Waals surface area contributed by atoms with Crippen molar-refractivity contribution in [1.29, 1.82) is 0 Å². The van der Waals surface area contributed by atoms with Crippen LogP contribution in [0.1, 0.15) is 48.1 Å². The van der Waals surface area contributed by atoms with Crippen molar-refractivity contribution in [3.63, 3.8) is 0 Å². The molecule has 3 aromatic carbocycles. The molecule has 2 amide bonds. The molecular weight excluding hydrogens is 487 g/mol. The third kappa shape index (κ3) is 5.64. The summed E-state index contributed by atoms with van der Waals surface area (Å²) in [6.45, 7) is 4.10. The van der Waals surface area contributed by atoms with Gasteiger partial charge in [0.25, 0.3) is 5.91 Å². The molecule has 0 spiro atoms. The monoisotopic (exact) mass is 514 g/mol. The van der Waals surface area contributed by atoms with Gasteiger partial charge in [-0.3, -0.25) is 9.59 Å². The van der Waals surface area contributed by atoms with Gasteiger partial charge in [0.05, 0.1) is 11.8 Å². The maximum atomic E-state index is 13.5. The molecule has 5 rings (SSSR count). The van der Waals surface area contributed by atoms with Gasteiger partial charge in [0.1, 0.15) is 11.1 Å². The highest BCUT2D eigenvalue weighted by Crippen LogP contribution is 2.38. The van der Waals surface area contributed by atoms with Crippen LogP contribution in [0.2, 0.25) is 0 Å². The van der Waals surface area contributed by atoms with E-state index in [9.17, 15) is 14.0 Å². The maximum absolute atomic E-state index is 13.5. The minimum atomic E-state index is -0.617. The van der Waals surface area contributed by atoms with Gasteiger partial charge >= 0.3 is 0 Å². The molecule has 0 fully saturated rings. The van der Waals surface area contributed by atoms with Gasteiger partial charge in [0, 0.05) is 18.5 Å². The third-order valence-electron chi connectivity index (χ3n) is 6.49. The predicted octanol–water partition coefficient (Wildman–Crippen LogP) is 5.87. The first-order valence-electron chi connectivity index (χ1n) is 12.3. The quantitative estimate of drug-likeness (QED) is 0.446. The Balaban J connectivity index is 1.33.